The highest BCUT2D eigenvalue weighted by atomic mass is 15.1. The Morgan fingerprint density at radius 2 is 0.608 bits per heavy atom. The molecule has 0 aliphatic heterocycles. The fourth-order valence-corrected chi connectivity index (χ4v) is 10.5. The van der Waals surface area contributed by atoms with Gasteiger partial charge in [-0.1, -0.05) is 261 Å². The monoisotopic (exact) mass is 946 g/mol. The molecule has 2 atom stereocenters. The lowest BCUT2D eigenvalue weighted by Crippen LogP contribution is -2.26. The molecule has 0 spiro atoms. The summed E-state index contributed by atoms with van der Waals surface area (Å²) in [7, 11) is 0. The van der Waals surface area contributed by atoms with Gasteiger partial charge in [0.05, 0.1) is 6.04 Å². The maximum Gasteiger partial charge on any atom is 0.0551 e. The predicted molar refractivity (Wildman–Crippen MR) is 314 cm³/mol. The van der Waals surface area contributed by atoms with E-state index in [1.807, 2.05) is 0 Å². The van der Waals surface area contributed by atoms with E-state index in [1.165, 1.54) is 77.9 Å². The SMILES string of the molecule is C1=CC(Nc2ccccc2)C(c2ccc(-c3ccccc3-c3ccccc3-c3ccc(N(c4ccccc4)c4ccc(-c5ccc(-c6ccccc6)cc5)cc4)cc3)cc2)C=C1c1ccc(-c2ccccc2)cc1. The van der Waals surface area contributed by atoms with Crippen LogP contribution in [-0.2, 0) is 0 Å². The number of nitrogens with zero attached hydrogens (tertiary/aromatic N) is 1. The molecule has 11 aromatic carbocycles. The van der Waals surface area contributed by atoms with Crippen LogP contribution in [0, 0.1) is 0 Å². The highest BCUT2D eigenvalue weighted by Gasteiger charge is 2.24. The smallest absolute Gasteiger partial charge is 0.0551 e. The second-order valence-electron chi connectivity index (χ2n) is 18.9. The first kappa shape index (κ1) is 45.6. The van der Waals surface area contributed by atoms with E-state index in [0.717, 1.165) is 28.3 Å². The standard InChI is InChI=1S/C72H54N2/c1-5-17-52(18-6-1)54-29-31-56(32-30-54)57-41-46-65(47-42-57)74(64-23-11-4-12-24-64)66-48-43-60(44-49-66)68-26-14-16-28-70(68)69-27-15-13-25-67(69)59-37-39-61(40-38-59)71-51-62(45-50-72(71)73-63-21-9-3-10-22-63)58-35-33-55(34-36-58)53-19-7-2-8-20-53/h1-51,71-73H. The molecular formula is C72H54N2. The normalized spacial score (nSPS) is 14.0. The fourth-order valence-electron chi connectivity index (χ4n) is 10.5. The Labute approximate surface area is 435 Å². The molecule has 2 unspecified atom stereocenters. The number of hydrogen-bond donors (Lipinski definition) is 1. The first-order valence-corrected chi connectivity index (χ1v) is 25.6. The van der Waals surface area contributed by atoms with Gasteiger partial charge >= 0.3 is 0 Å². The van der Waals surface area contributed by atoms with Gasteiger partial charge in [-0.15, -0.1) is 0 Å². The van der Waals surface area contributed by atoms with Gasteiger partial charge in [0.2, 0.25) is 0 Å². The Morgan fingerprint density at radius 3 is 1.08 bits per heavy atom. The van der Waals surface area contributed by atoms with Crippen molar-refractivity contribution in [1.82, 2.24) is 0 Å². The van der Waals surface area contributed by atoms with Crippen molar-refractivity contribution in [3.8, 4) is 66.8 Å². The van der Waals surface area contributed by atoms with E-state index in [-0.39, 0.29) is 12.0 Å². The Hall–Kier alpha value is -9.50. The minimum absolute atomic E-state index is 0.0794. The fraction of sp³-hybridized carbons (Fsp3) is 0.0278. The summed E-state index contributed by atoms with van der Waals surface area (Å²) in [5, 5.41) is 3.84. The quantitative estimate of drug-likeness (QED) is 0.124. The van der Waals surface area contributed by atoms with E-state index >= 15 is 0 Å². The first-order chi connectivity index (χ1) is 36.7. The highest BCUT2D eigenvalue weighted by molar-refractivity contribution is 5.92. The molecule has 0 aromatic heterocycles. The number of allylic oxidation sites excluding steroid dienone is 2. The molecular weight excluding hydrogens is 893 g/mol. The summed E-state index contributed by atoms with van der Waals surface area (Å²) in [6.45, 7) is 0. The third-order valence-electron chi connectivity index (χ3n) is 14.3. The third-order valence-corrected chi connectivity index (χ3v) is 14.3. The van der Waals surface area contributed by atoms with Crippen molar-refractivity contribution < 1.29 is 0 Å². The molecule has 74 heavy (non-hydrogen) atoms. The summed E-state index contributed by atoms with van der Waals surface area (Å²) in [6.07, 6.45) is 7.04. The summed E-state index contributed by atoms with van der Waals surface area (Å²) in [4.78, 5) is 2.33. The number of anilines is 4. The largest absolute Gasteiger partial charge is 0.378 e. The van der Waals surface area contributed by atoms with Crippen LogP contribution >= 0.6 is 0 Å². The zero-order valence-corrected chi connectivity index (χ0v) is 41.0. The summed E-state index contributed by atoms with van der Waals surface area (Å²) < 4.78 is 0. The van der Waals surface area contributed by atoms with Gasteiger partial charge in [-0.05, 0) is 132 Å². The van der Waals surface area contributed by atoms with Crippen LogP contribution in [0.5, 0.6) is 0 Å². The van der Waals surface area contributed by atoms with Gasteiger partial charge in [0.1, 0.15) is 0 Å². The van der Waals surface area contributed by atoms with Gasteiger partial charge < -0.3 is 10.2 Å². The summed E-state index contributed by atoms with van der Waals surface area (Å²) in [5.41, 5.74) is 22.5. The van der Waals surface area contributed by atoms with E-state index < -0.39 is 0 Å². The van der Waals surface area contributed by atoms with Gasteiger partial charge in [-0.3, -0.25) is 0 Å². The second-order valence-corrected chi connectivity index (χ2v) is 18.9. The van der Waals surface area contributed by atoms with Gasteiger partial charge in [0.25, 0.3) is 0 Å². The van der Waals surface area contributed by atoms with Crippen LogP contribution in [-0.4, -0.2) is 6.04 Å². The van der Waals surface area contributed by atoms with E-state index in [0.29, 0.717) is 0 Å². The molecule has 11 aromatic rings. The topological polar surface area (TPSA) is 15.3 Å². The maximum absolute atomic E-state index is 3.84. The molecule has 352 valence electrons. The Bertz CT molecular complexity index is 3680. The molecule has 2 nitrogen and oxygen atoms in total. The Kier molecular flexibility index (Phi) is 13.0. The molecule has 0 bridgehead atoms. The third kappa shape index (κ3) is 9.78. The average molecular weight is 947 g/mol. The second kappa shape index (κ2) is 21.1. The number of benzene rings is 11. The Morgan fingerprint density at radius 1 is 0.270 bits per heavy atom. The van der Waals surface area contributed by atoms with Crippen molar-refractivity contribution >= 4 is 28.3 Å². The van der Waals surface area contributed by atoms with E-state index in [1.54, 1.807) is 0 Å². The maximum atomic E-state index is 3.84. The van der Waals surface area contributed by atoms with Gasteiger partial charge in [-0.25, -0.2) is 0 Å². The molecule has 2 heteroatoms. The number of hydrogen-bond acceptors (Lipinski definition) is 2. The van der Waals surface area contributed by atoms with Gasteiger partial charge in [0, 0.05) is 28.7 Å². The highest BCUT2D eigenvalue weighted by Crippen LogP contribution is 2.42. The van der Waals surface area contributed by atoms with Crippen molar-refractivity contribution in [2.75, 3.05) is 10.2 Å². The van der Waals surface area contributed by atoms with Crippen molar-refractivity contribution in [3.05, 3.63) is 321 Å². The molecule has 1 N–H and O–H groups in total. The van der Waals surface area contributed by atoms with Crippen LogP contribution in [0.25, 0.3) is 72.3 Å². The van der Waals surface area contributed by atoms with Crippen molar-refractivity contribution in [1.29, 1.82) is 0 Å². The molecule has 0 saturated heterocycles. The zero-order valence-electron chi connectivity index (χ0n) is 41.0. The summed E-state index contributed by atoms with van der Waals surface area (Å²) in [5.74, 6) is 0.109. The molecule has 1 aliphatic carbocycles. The van der Waals surface area contributed by atoms with E-state index in [9.17, 15) is 0 Å². The number of nitrogens with one attached hydrogen (secondary N) is 1. The summed E-state index contributed by atoms with van der Waals surface area (Å²) in [6, 6.07) is 105. The number of rotatable bonds is 13. The summed E-state index contributed by atoms with van der Waals surface area (Å²) >= 11 is 0. The van der Waals surface area contributed by atoms with Gasteiger partial charge in [-0.2, -0.15) is 0 Å². The van der Waals surface area contributed by atoms with Crippen molar-refractivity contribution in [2.45, 2.75) is 12.0 Å². The molecule has 0 fully saturated rings. The molecule has 1 aliphatic rings. The molecule has 12 rings (SSSR count). The minimum Gasteiger partial charge on any atom is -0.378 e. The average Bonchev–Trinajstić information content (AvgIpc) is 3.49. The van der Waals surface area contributed by atoms with Gasteiger partial charge in [0.15, 0.2) is 0 Å². The lowest BCUT2D eigenvalue weighted by atomic mass is 9.82. The number of para-hydroxylation sites is 2. The van der Waals surface area contributed by atoms with Crippen LogP contribution in [0.2, 0.25) is 0 Å². The Balaban J connectivity index is 0.822. The lowest BCUT2D eigenvalue weighted by molar-refractivity contribution is 0.759. The first-order valence-electron chi connectivity index (χ1n) is 25.6. The van der Waals surface area contributed by atoms with E-state index in [2.05, 4.69) is 320 Å². The minimum atomic E-state index is 0.0794. The van der Waals surface area contributed by atoms with Crippen LogP contribution in [0.3, 0.4) is 0 Å². The predicted octanol–water partition coefficient (Wildman–Crippen LogP) is 19.4. The van der Waals surface area contributed by atoms with Crippen LogP contribution in [0.1, 0.15) is 17.0 Å². The van der Waals surface area contributed by atoms with Crippen LogP contribution in [0.4, 0.5) is 22.7 Å². The molecule has 0 amide bonds. The molecule has 0 heterocycles. The van der Waals surface area contributed by atoms with Crippen molar-refractivity contribution in [2.24, 2.45) is 0 Å². The lowest BCUT2D eigenvalue weighted by Gasteiger charge is -2.29. The van der Waals surface area contributed by atoms with Crippen LogP contribution < -0.4 is 10.2 Å². The van der Waals surface area contributed by atoms with E-state index in [4.69, 9.17) is 0 Å². The molecule has 0 radical (unpaired) electrons. The molecule has 0 saturated carbocycles. The zero-order chi connectivity index (χ0) is 49.5. The van der Waals surface area contributed by atoms with Crippen LogP contribution in [0.15, 0.2) is 309 Å². The van der Waals surface area contributed by atoms with Crippen molar-refractivity contribution in [3.63, 3.8) is 0 Å².